The number of aromatic carboxylic acids is 1. The fourth-order valence-corrected chi connectivity index (χ4v) is 1.80. The zero-order valence-electron chi connectivity index (χ0n) is 11.9. The number of carboxylic acids is 1. The van der Waals surface area contributed by atoms with Crippen molar-refractivity contribution >= 4 is 11.8 Å². The van der Waals surface area contributed by atoms with E-state index >= 15 is 0 Å². The van der Waals surface area contributed by atoms with Crippen molar-refractivity contribution in [1.29, 1.82) is 0 Å². The minimum absolute atomic E-state index is 0.0345. The lowest BCUT2D eigenvalue weighted by Gasteiger charge is -2.25. The predicted molar refractivity (Wildman–Crippen MR) is 75.4 cm³/mol. The minimum Gasteiger partial charge on any atom is -0.476 e. The first kappa shape index (κ1) is 15.4. The molecule has 106 valence electrons. The molecule has 5 heteroatoms. The van der Waals surface area contributed by atoms with Crippen molar-refractivity contribution in [2.24, 2.45) is 5.41 Å². The first-order valence-corrected chi connectivity index (χ1v) is 6.74. The third-order valence-electron chi connectivity index (χ3n) is 3.08. The molecular weight excluding hydrogens is 242 g/mol. The van der Waals surface area contributed by atoms with Gasteiger partial charge < -0.3 is 10.4 Å². The van der Waals surface area contributed by atoms with Crippen LogP contribution in [0.4, 0.5) is 5.82 Å². The number of hydrogen-bond acceptors (Lipinski definition) is 4. The molecule has 0 aliphatic carbocycles. The highest BCUT2D eigenvalue weighted by molar-refractivity contribution is 5.84. The molecule has 19 heavy (non-hydrogen) atoms. The zero-order chi connectivity index (χ0) is 14.3. The van der Waals surface area contributed by atoms with Crippen LogP contribution in [-0.2, 0) is 0 Å². The number of carboxylic acid groups (broad SMARTS) is 1. The summed E-state index contributed by atoms with van der Waals surface area (Å²) in [5.74, 6) is -0.437. The Kier molecular flexibility index (Phi) is 5.73. The van der Waals surface area contributed by atoms with Crippen LogP contribution >= 0.6 is 0 Å². The molecule has 0 atom stereocenters. The van der Waals surface area contributed by atoms with Gasteiger partial charge >= 0.3 is 5.97 Å². The highest BCUT2D eigenvalue weighted by atomic mass is 16.4. The Bertz CT molecular complexity index is 402. The predicted octanol–water partition coefficient (Wildman–Crippen LogP) is 3.19. The molecule has 0 bridgehead atoms. The standard InChI is InChI=1S/C14H23N3O2/c1-4-5-6-7-14(2,3)10-17-12-9-15-11(8-16-12)13(18)19/h8-9H,4-7,10H2,1-3H3,(H,16,17)(H,18,19). The van der Waals surface area contributed by atoms with Crippen LogP contribution in [0.3, 0.4) is 0 Å². The summed E-state index contributed by atoms with van der Waals surface area (Å²) in [6.45, 7) is 7.44. The maximum Gasteiger partial charge on any atom is 0.356 e. The first-order chi connectivity index (χ1) is 8.94. The van der Waals surface area contributed by atoms with Gasteiger partial charge in [-0.15, -0.1) is 0 Å². The van der Waals surface area contributed by atoms with E-state index in [2.05, 4.69) is 36.1 Å². The third-order valence-corrected chi connectivity index (χ3v) is 3.08. The van der Waals surface area contributed by atoms with Gasteiger partial charge in [-0.3, -0.25) is 0 Å². The van der Waals surface area contributed by atoms with E-state index < -0.39 is 5.97 Å². The molecule has 2 N–H and O–H groups in total. The van der Waals surface area contributed by atoms with Crippen LogP contribution < -0.4 is 5.32 Å². The van der Waals surface area contributed by atoms with Crippen LogP contribution in [0.1, 0.15) is 56.9 Å². The van der Waals surface area contributed by atoms with E-state index in [1.165, 1.54) is 31.7 Å². The summed E-state index contributed by atoms with van der Waals surface area (Å²) in [5.41, 5.74) is 0.162. The number of nitrogens with zero attached hydrogens (tertiary/aromatic N) is 2. The largest absolute Gasteiger partial charge is 0.476 e. The molecule has 0 amide bonds. The Morgan fingerprint density at radius 2 is 2.05 bits per heavy atom. The molecule has 0 saturated carbocycles. The lowest BCUT2D eigenvalue weighted by Crippen LogP contribution is -2.23. The van der Waals surface area contributed by atoms with Crippen LogP contribution in [0.2, 0.25) is 0 Å². The number of carbonyl (C=O) groups is 1. The van der Waals surface area contributed by atoms with Gasteiger partial charge in [0, 0.05) is 6.54 Å². The molecule has 1 heterocycles. The van der Waals surface area contributed by atoms with E-state index in [4.69, 9.17) is 5.11 Å². The first-order valence-electron chi connectivity index (χ1n) is 6.74. The molecule has 0 aromatic carbocycles. The molecule has 0 saturated heterocycles. The lowest BCUT2D eigenvalue weighted by atomic mass is 9.87. The summed E-state index contributed by atoms with van der Waals surface area (Å²) in [7, 11) is 0. The van der Waals surface area contributed by atoms with Gasteiger partial charge in [0.15, 0.2) is 5.69 Å². The summed E-state index contributed by atoms with van der Waals surface area (Å²) >= 11 is 0. The number of anilines is 1. The molecule has 0 aliphatic rings. The summed E-state index contributed by atoms with van der Waals surface area (Å²) in [4.78, 5) is 18.5. The molecule has 1 aromatic rings. The molecule has 1 aromatic heterocycles. The molecule has 0 fully saturated rings. The van der Waals surface area contributed by atoms with Crippen molar-refractivity contribution in [3.8, 4) is 0 Å². The second-order valence-electron chi connectivity index (χ2n) is 5.57. The molecule has 5 nitrogen and oxygen atoms in total. The van der Waals surface area contributed by atoms with Gasteiger partial charge in [0.25, 0.3) is 0 Å². The van der Waals surface area contributed by atoms with E-state index in [1.807, 2.05) is 0 Å². The van der Waals surface area contributed by atoms with Gasteiger partial charge in [-0.25, -0.2) is 14.8 Å². The maximum absolute atomic E-state index is 10.7. The molecule has 1 rings (SSSR count). The molecular formula is C14H23N3O2. The number of aromatic nitrogens is 2. The fraction of sp³-hybridized carbons (Fsp3) is 0.643. The smallest absolute Gasteiger partial charge is 0.356 e. The van der Waals surface area contributed by atoms with Crippen molar-refractivity contribution in [3.05, 3.63) is 18.1 Å². The van der Waals surface area contributed by atoms with E-state index in [0.717, 1.165) is 13.0 Å². The van der Waals surface area contributed by atoms with Gasteiger partial charge in [-0.2, -0.15) is 0 Å². The number of nitrogens with one attached hydrogen (secondary N) is 1. The van der Waals surface area contributed by atoms with Crippen LogP contribution in [0.5, 0.6) is 0 Å². The second kappa shape index (κ2) is 7.07. The monoisotopic (exact) mass is 265 g/mol. The van der Waals surface area contributed by atoms with Gasteiger partial charge in [-0.1, -0.05) is 40.0 Å². The van der Waals surface area contributed by atoms with Crippen LogP contribution in [0, 0.1) is 5.41 Å². The van der Waals surface area contributed by atoms with E-state index in [-0.39, 0.29) is 11.1 Å². The van der Waals surface area contributed by atoms with Gasteiger partial charge in [-0.05, 0) is 11.8 Å². The summed E-state index contributed by atoms with van der Waals surface area (Å²) in [6.07, 6.45) is 7.62. The fourth-order valence-electron chi connectivity index (χ4n) is 1.80. The van der Waals surface area contributed by atoms with Gasteiger partial charge in [0.2, 0.25) is 0 Å². The Morgan fingerprint density at radius 3 is 2.58 bits per heavy atom. The van der Waals surface area contributed by atoms with E-state index in [0.29, 0.717) is 5.82 Å². The highest BCUT2D eigenvalue weighted by Crippen LogP contribution is 2.23. The number of rotatable bonds is 8. The normalized spacial score (nSPS) is 11.3. The molecule has 0 unspecified atom stereocenters. The Balaban J connectivity index is 2.44. The van der Waals surface area contributed by atoms with Crippen LogP contribution in [0.25, 0.3) is 0 Å². The number of hydrogen-bond donors (Lipinski definition) is 2. The Hall–Kier alpha value is -1.65. The lowest BCUT2D eigenvalue weighted by molar-refractivity contribution is 0.0690. The van der Waals surface area contributed by atoms with Gasteiger partial charge in [0.05, 0.1) is 12.4 Å². The third kappa shape index (κ3) is 5.68. The van der Waals surface area contributed by atoms with Crippen molar-refractivity contribution in [1.82, 2.24) is 9.97 Å². The van der Waals surface area contributed by atoms with Crippen molar-refractivity contribution in [2.45, 2.75) is 46.5 Å². The molecule has 0 spiro atoms. The van der Waals surface area contributed by atoms with E-state index in [9.17, 15) is 4.79 Å². The van der Waals surface area contributed by atoms with Crippen LogP contribution in [0.15, 0.2) is 12.4 Å². The highest BCUT2D eigenvalue weighted by Gasteiger charge is 2.17. The number of unbranched alkanes of at least 4 members (excludes halogenated alkanes) is 2. The molecule has 0 radical (unpaired) electrons. The Morgan fingerprint density at radius 1 is 1.32 bits per heavy atom. The van der Waals surface area contributed by atoms with Gasteiger partial charge in [0.1, 0.15) is 5.82 Å². The summed E-state index contributed by atoms with van der Waals surface area (Å²) in [5, 5.41) is 11.9. The quantitative estimate of drug-likeness (QED) is 0.706. The Labute approximate surface area is 114 Å². The zero-order valence-corrected chi connectivity index (χ0v) is 11.9. The second-order valence-corrected chi connectivity index (χ2v) is 5.57. The van der Waals surface area contributed by atoms with E-state index in [1.54, 1.807) is 0 Å². The molecule has 0 aliphatic heterocycles. The van der Waals surface area contributed by atoms with Crippen molar-refractivity contribution < 1.29 is 9.90 Å². The minimum atomic E-state index is -1.06. The maximum atomic E-state index is 10.7. The van der Waals surface area contributed by atoms with Crippen molar-refractivity contribution in [2.75, 3.05) is 11.9 Å². The van der Waals surface area contributed by atoms with Crippen molar-refractivity contribution in [3.63, 3.8) is 0 Å². The summed E-state index contributed by atoms with van der Waals surface area (Å²) < 4.78 is 0. The van der Waals surface area contributed by atoms with Crippen LogP contribution in [-0.4, -0.2) is 27.6 Å². The summed E-state index contributed by atoms with van der Waals surface area (Å²) in [6, 6.07) is 0. The topological polar surface area (TPSA) is 75.1 Å². The average molecular weight is 265 g/mol. The average Bonchev–Trinajstić information content (AvgIpc) is 2.37. The SMILES string of the molecule is CCCCCC(C)(C)CNc1cnc(C(=O)O)cn1.